The average molecular weight is 330 g/mol. The summed E-state index contributed by atoms with van der Waals surface area (Å²) in [6, 6.07) is 4.87. The maximum atomic E-state index is 12.0. The number of amides is 1. The highest BCUT2D eigenvalue weighted by molar-refractivity contribution is 9.10. The van der Waals surface area contributed by atoms with Crippen molar-refractivity contribution < 1.29 is 9.90 Å². The molecule has 1 amide bonds. The minimum Gasteiger partial charge on any atom is -0.507 e. The topological polar surface area (TPSA) is 49.3 Å². The van der Waals surface area contributed by atoms with E-state index in [-0.39, 0.29) is 11.7 Å². The number of halogens is 1. The van der Waals surface area contributed by atoms with Gasteiger partial charge in [0.25, 0.3) is 5.91 Å². The molecule has 0 spiro atoms. The second-order valence-electron chi connectivity index (χ2n) is 4.36. The van der Waals surface area contributed by atoms with Gasteiger partial charge in [-0.15, -0.1) is 0 Å². The maximum absolute atomic E-state index is 12.0. The molecular formula is C13H16BrNO2S. The van der Waals surface area contributed by atoms with E-state index in [4.69, 9.17) is 0 Å². The van der Waals surface area contributed by atoms with Gasteiger partial charge in [-0.3, -0.25) is 4.79 Å². The van der Waals surface area contributed by atoms with Crippen LogP contribution in [0.1, 0.15) is 29.6 Å². The Labute approximate surface area is 119 Å². The van der Waals surface area contributed by atoms with Gasteiger partial charge in [0.1, 0.15) is 5.75 Å². The average Bonchev–Trinajstić information content (AvgIpc) is 2.40. The lowest BCUT2D eigenvalue weighted by molar-refractivity contribution is 0.0950. The van der Waals surface area contributed by atoms with E-state index >= 15 is 0 Å². The van der Waals surface area contributed by atoms with E-state index < -0.39 is 0 Å². The quantitative estimate of drug-likeness (QED) is 0.895. The Balaban J connectivity index is 1.92. The van der Waals surface area contributed by atoms with E-state index in [9.17, 15) is 9.90 Å². The summed E-state index contributed by atoms with van der Waals surface area (Å²) in [7, 11) is 0. The fraction of sp³-hybridized carbons (Fsp3) is 0.462. The largest absolute Gasteiger partial charge is 0.507 e. The van der Waals surface area contributed by atoms with Crippen LogP contribution in [0.4, 0.5) is 0 Å². The van der Waals surface area contributed by atoms with Crippen molar-refractivity contribution in [3.63, 3.8) is 0 Å². The first kappa shape index (κ1) is 13.7. The first-order chi connectivity index (χ1) is 8.66. The molecule has 2 N–H and O–H groups in total. The number of rotatable bonds is 3. The molecule has 18 heavy (non-hydrogen) atoms. The van der Waals surface area contributed by atoms with Gasteiger partial charge in [-0.05, 0) is 36.8 Å². The molecule has 1 aliphatic rings. The number of carbonyl (C=O) groups is 1. The number of phenols is 1. The first-order valence-corrected chi connectivity index (χ1v) is 7.89. The van der Waals surface area contributed by atoms with Gasteiger partial charge in [0.15, 0.2) is 0 Å². The summed E-state index contributed by atoms with van der Waals surface area (Å²) >= 11 is 5.22. The molecular weight excluding hydrogens is 314 g/mol. The highest BCUT2D eigenvalue weighted by Gasteiger charge is 2.16. The van der Waals surface area contributed by atoms with Crippen LogP contribution in [0.5, 0.6) is 5.75 Å². The number of nitrogens with one attached hydrogen (secondary N) is 1. The number of hydrogen-bond donors (Lipinski definition) is 2. The molecule has 0 aliphatic carbocycles. The Morgan fingerprint density at radius 3 is 3.06 bits per heavy atom. The standard InChI is InChI=1S/C13H16BrNO2S/c14-9-4-5-12(16)11(7-9)13(17)15-8-10-3-1-2-6-18-10/h4-5,7,10,16H,1-3,6,8H2,(H,15,17). The maximum Gasteiger partial charge on any atom is 0.255 e. The van der Waals surface area contributed by atoms with Crippen LogP contribution in [0.15, 0.2) is 22.7 Å². The van der Waals surface area contributed by atoms with Gasteiger partial charge in [0.05, 0.1) is 5.56 Å². The van der Waals surface area contributed by atoms with Gasteiger partial charge in [-0.2, -0.15) is 11.8 Å². The zero-order valence-electron chi connectivity index (χ0n) is 9.99. The Morgan fingerprint density at radius 1 is 1.50 bits per heavy atom. The summed E-state index contributed by atoms with van der Waals surface area (Å²) in [5.41, 5.74) is 0.324. The molecule has 1 aromatic rings. The van der Waals surface area contributed by atoms with Crippen LogP contribution in [0.3, 0.4) is 0 Å². The zero-order valence-corrected chi connectivity index (χ0v) is 12.4. The molecule has 0 radical (unpaired) electrons. The van der Waals surface area contributed by atoms with Gasteiger partial charge in [0, 0.05) is 16.3 Å². The molecule has 1 saturated heterocycles. The van der Waals surface area contributed by atoms with E-state index in [1.807, 2.05) is 11.8 Å². The second kappa shape index (κ2) is 6.48. The minimum absolute atomic E-state index is 0.0204. The van der Waals surface area contributed by atoms with Crippen LogP contribution < -0.4 is 5.32 Å². The van der Waals surface area contributed by atoms with Crippen LogP contribution in [-0.2, 0) is 0 Å². The number of benzene rings is 1. The third-order valence-corrected chi connectivity index (χ3v) is 4.86. The number of hydrogen-bond acceptors (Lipinski definition) is 3. The highest BCUT2D eigenvalue weighted by atomic mass is 79.9. The van der Waals surface area contributed by atoms with E-state index in [1.54, 1.807) is 12.1 Å². The molecule has 2 rings (SSSR count). The predicted molar refractivity (Wildman–Crippen MR) is 78.2 cm³/mol. The summed E-state index contributed by atoms with van der Waals surface area (Å²) < 4.78 is 0.789. The Kier molecular flexibility index (Phi) is 4.95. The first-order valence-electron chi connectivity index (χ1n) is 6.05. The molecule has 1 heterocycles. The Hall–Kier alpha value is -0.680. The summed E-state index contributed by atoms with van der Waals surface area (Å²) in [4.78, 5) is 12.0. The summed E-state index contributed by atoms with van der Waals surface area (Å²) in [5, 5.41) is 13.1. The predicted octanol–water partition coefficient (Wildman–Crippen LogP) is 3.17. The fourth-order valence-electron chi connectivity index (χ4n) is 1.96. The van der Waals surface area contributed by atoms with Gasteiger partial charge in [-0.25, -0.2) is 0 Å². The monoisotopic (exact) mass is 329 g/mol. The van der Waals surface area contributed by atoms with Crippen LogP contribution >= 0.6 is 27.7 Å². The summed E-state index contributed by atoms with van der Waals surface area (Å²) in [5.74, 6) is 0.995. The summed E-state index contributed by atoms with van der Waals surface area (Å²) in [6.07, 6.45) is 3.69. The van der Waals surface area contributed by atoms with Crippen LogP contribution in [-0.4, -0.2) is 28.6 Å². The van der Waals surface area contributed by atoms with E-state index in [2.05, 4.69) is 21.2 Å². The lowest BCUT2D eigenvalue weighted by atomic mass is 10.1. The van der Waals surface area contributed by atoms with E-state index in [1.165, 1.54) is 24.7 Å². The van der Waals surface area contributed by atoms with Gasteiger partial charge < -0.3 is 10.4 Å². The molecule has 1 atom stereocenters. The Bertz CT molecular complexity index is 433. The molecule has 0 aromatic heterocycles. The van der Waals surface area contributed by atoms with Crippen molar-refractivity contribution in [3.05, 3.63) is 28.2 Å². The van der Waals surface area contributed by atoms with E-state index in [0.717, 1.165) is 10.9 Å². The number of thioether (sulfide) groups is 1. The van der Waals surface area contributed by atoms with Crippen molar-refractivity contribution in [1.82, 2.24) is 5.32 Å². The fourth-order valence-corrected chi connectivity index (χ4v) is 3.56. The molecule has 0 saturated carbocycles. The number of carbonyl (C=O) groups excluding carboxylic acids is 1. The molecule has 3 nitrogen and oxygen atoms in total. The lowest BCUT2D eigenvalue weighted by Crippen LogP contribution is -2.31. The molecule has 1 aromatic carbocycles. The molecule has 1 fully saturated rings. The highest BCUT2D eigenvalue weighted by Crippen LogP contribution is 2.25. The molecule has 1 aliphatic heterocycles. The van der Waals surface area contributed by atoms with Gasteiger partial charge in [0.2, 0.25) is 0 Å². The lowest BCUT2D eigenvalue weighted by Gasteiger charge is -2.21. The summed E-state index contributed by atoms with van der Waals surface area (Å²) in [6.45, 7) is 0.676. The van der Waals surface area contributed by atoms with Crippen molar-refractivity contribution in [3.8, 4) is 5.75 Å². The SMILES string of the molecule is O=C(NCC1CCCCS1)c1cc(Br)ccc1O. The molecule has 0 bridgehead atoms. The number of phenolic OH excluding ortho intramolecular Hbond substituents is 1. The molecule has 1 unspecified atom stereocenters. The van der Waals surface area contributed by atoms with Crippen molar-refractivity contribution in [2.24, 2.45) is 0 Å². The molecule has 5 heteroatoms. The second-order valence-corrected chi connectivity index (χ2v) is 6.68. The number of aromatic hydroxyl groups is 1. The zero-order chi connectivity index (χ0) is 13.0. The van der Waals surface area contributed by atoms with Gasteiger partial charge >= 0.3 is 0 Å². The van der Waals surface area contributed by atoms with Crippen LogP contribution in [0.25, 0.3) is 0 Å². The normalized spacial score (nSPS) is 19.5. The van der Waals surface area contributed by atoms with Crippen molar-refractivity contribution in [2.75, 3.05) is 12.3 Å². The minimum atomic E-state index is -0.208. The van der Waals surface area contributed by atoms with Crippen LogP contribution in [0.2, 0.25) is 0 Å². The van der Waals surface area contributed by atoms with E-state index in [0.29, 0.717) is 17.4 Å². The smallest absolute Gasteiger partial charge is 0.255 e. The third kappa shape index (κ3) is 3.65. The Morgan fingerprint density at radius 2 is 2.33 bits per heavy atom. The van der Waals surface area contributed by atoms with Crippen molar-refractivity contribution in [2.45, 2.75) is 24.5 Å². The third-order valence-electron chi connectivity index (χ3n) is 2.97. The van der Waals surface area contributed by atoms with Gasteiger partial charge in [-0.1, -0.05) is 22.4 Å². The molecule has 98 valence electrons. The van der Waals surface area contributed by atoms with Crippen molar-refractivity contribution >= 4 is 33.6 Å². The van der Waals surface area contributed by atoms with Crippen molar-refractivity contribution in [1.29, 1.82) is 0 Å². The van der Waals surface area contributed by atoms with Crippen LogP contribution in [0, 0.1) is 0 Å².